The topological polar surface area (TPSA) is 32.7 Å². The summed E-state index contributed by atoms with van der Waals surface area (Å²) in [6.45, 7) is 6.72. The lowest BCUT2D eigenvalue weighted by Crippen LogP contribution is -2.48. The number of hydrogen-bond donors (Lipinski definition) is 1. The summed E-state index contributed by atoms with van der Waals surface area (Å²) in [6, 6.07) is 0. The molecule has 0 aliphatic carbocycles. The first-order chi connectivity index (χ1) is 6.74. The van der Waals surface area contributed by atoms with Gasteiger partial charge in [0.25, 0.3) is 0 Å². The van der Waals surface area contributed by atoms with E-state index in [4.69, 9.17) is 9.84 Å². The molecule has 14 heavy (non-hydrogen) atoms. The molecule has 2 aliphatic rings. The van der Waals surface area contributed by atoms with Crippen molar-refractivity contribution in [2.24, 2.45) is 5.92 Å². The summed E-state index contributed by atoms with van der Waals surface area (Å²) in [5, 5.41) is 9.11. The van der Waals surface area contributed by atoms with Crippen molar-refractivity contribution < 1.29 is 9.84 Å². The third-order valence-electron chi connectivity index (χ3n) is 3.88. The van der Waals surface area contributed by atoms with Gasteiger partial charge in [0.05, 0.1) is 0 Å². The normalized spacial score (nSPS) is 33.4. The molecule has 2 rings (SSSR count). The Morgan fingerprint density at radius 3 is 2.71 bits per heavy atom. The summed E-state index contributed by atoms with van der Waals surface area (Å²) in [5.74, 6) is 0.509. The van der Waals surface area contributed by atoms with Crippen molar-refractivity contribution in [3.05, 3.63) is 0 Å². The smallest absolute Gasteiger partial charge is 0.0483 e. The van der Waals surface area contributed by atoms with Crippen LogP contribution in [0.3, 0.4) is 0 Å². The molecule has 2 aliphatic heterocycles. The number of likely N-dealkylation sites (tertiary alicyclic amines) is 1. The molecule has 1 N–H and O–H groups in total. The minimum Gasteiger partial charge on any atom is -0.396 e. The second-order valence-corrected chi connectivity index (χ2v) is 4.89. The van der Waals surface area contributed by atoms with Gasteiger partial charge in [0.15, 0.2) is 0 Å². The van der Waals surface area contributed by atoms with Crippen molar-refractivity contribution in [2.75, 3.05) is 32.9 Å². The minimum absolute atomic E-state index is 0.335. The van der Waals surface area contributed by atoms with Gasteiger partial charge in [0.2, 0.25) is 0 Å². The molecule has 3 heteroatoms. The first-order valence-corrected chi connectivity index (χ1v) is 5.68. The van der Waals surface area contributed by atoms with Crippen LogP contribution in [0.4, 0.5) is 0 Å². The van der Waals surface area contributed by atoms with E-state index < -0.39 is 0 Å². The molecule has 0 radical (unpaired) electrons. The van der Waals surface area contributed by atoms with E-state index in [-0.39, 0.29) is 0 Å². The molecule has 0 aromatic rings. The lowest BCUT2D eigenvalue weighted by Gasteiger charge is -2.41. The van der Waals surface area contributed by atoms with Gasteiger partial charge >= 0.3 is 0 Å². The van der Waals surface area contributed by atoms with Crippen molar-refractivity contribution >= 4 is 0 Å². The van der Waals surface area contributed by atoms with Gasteiger partial charge in [-0.1, -0.05) is 0 Å². The molecule has 0 aromatic carbocycles. The molecule has 0 amide bonds. The van der Waals surface area contributed by atoms with E-state index in [2.05, 4.69) is 11.8 Å². The second-order valence-electron chi connectivity index (χ2n) is 4.89. The highest BCUT2D eigenvalue weighted by molar-refractivity contribution is 4.92. The summed E-state index contributed by atoms with van der Waals surface area (Å²) in [7, 11) is 0. The maximum atomic E-state index is 9.11. The zero-order chi connectivity index (χ0) is 10.0. The van der Waals surface area contributed by atoms with Crippen LogP contribution >= 0.6 is 0 Å². The minimum atomic E-state index is 0.335. The largest absolute Gasteiger partial charge is 0.396 e. The van der Waals surface area contributed by atoms with Crippen LogP contribution in [0.5, 0.6) is 0 Å². The number of ether oxygens (including phenoxy) is 1. The van der Waals surface area contributed by atoms with Crippen LogP contribution in [0.1, 0.15) is 26.2 Å². The SMILES string of the molecule is CC1(N2CCC(CO)C2)CCOCC1. The first kappa shape index (κ1) is 10.4. The van der Waals surface area contributed by atoms with Gasteiger partial charge in [-0.15, -0.1) is 0 Å². The lowest BCUT2D eigenvalue weighted by molar-refractivity contribution is -0.0112. The Morgan fingerprint density at radius 2 is 2.14 bits per heavy atom. The maximum Gasteiger partial charge on any atom is 0.0483 e. The van der Waals surface area contributed by atoms with Crippen LogP contribution in [0.25, 0.3) is 0 Å². The standard InChI is InChI=1S/C11H21NO2/c1-11(3-6-14-7-4-11)12-5-2-10(8-12)9-13/h10,13H,2-9H2,1H3. The van der Waals surface area contributed by atoms with Gasteiger partial charge in [-0.2, -0.15) is 0 Å². The molecule has 2 saturated heterocycles. The van der Waals surface area contributed by atoms with E-state index in [9.17, 15) is 0 Å². The molecule has 0 aromatic heterocycles. The molecule has 0 spiro atoms. The van der Waals surface area contributed by atoms with Gasteiger partial charge < -0.3 is 9.84 Å². The molecule has 0 bridgehead atoms. The van der Waals surface area contributed by atoms with Gasteiger partial charge in [-0.25, -0.2) is 0 Å². The summed E-state index contributed by atoms with van der Waals surface area (Å²) in [4.78, 5) is 2.55. The Morgan fingerprint density at radius 1 is 1.43 bits per heavy atom. The molecule has 2 heterocycles. The number of rotatable bonds is 2. The number of hydrogen-bond acceptors (Lipinski definition) is 3. The van der Waals surface area contributed by atoms with Gasteiger partial charge in [-0.3, -0.25) is 4.90 Å². The third-order valence-corrected chi connectivity index (χ3v) is 3.88. The molecule has 2 fully saturated rings. The van der Waals surface area contributed by atoms with E-state index in [1.807, 2.05) is 0 Å². The molecule has 82 valence electrons. The molecule has 3 nitrogen and oxygen atoms in total. The Hall–Kier alpha value is -0.120. The summed E-state index contributed by atoms with van der Waals surface area (Å²) >= 11 is 0. The zero-order valence-corrected chi connectivity index (χ0v) is 9.04. The monoisotopic (exact) mass is 199 g/mol. The van der Waals surface area contributed by atoms with Crippen molar-refractivity contribution in [3.8, 4) is 0 Å². The van der Waals surface area contributed by atoms with Gasteiger partial charge in [0.1, 0.15) is 0 Å². The van der Waals surface area contributed by atoms with E-state index >= 15 is 0 Å². The van der Waals surface area contributed by atoms with Crippen LogP contribution in [-0.4, -0.2) is 48.5 Å². The average Bonchev–Trinajstić information content (AvgIpc) is 2.67. The van der Waals surface area contributed by atoms with Crippen molar-refractivity contribution in [3.63, 3.8) is 0 Å². The fourth-order valence-electron chi connectivity index (χ4n) is 2.60. The highest BCUT2D eigenvalue weighted by Gasteiger charge is 2.37. The summed E-state index contributed by atoms with van der Waals surface area (Å²) < 4.78 is 5.40. The van der Waals surface area contributed by atoms with E-state index in [1.54, 1.807) is 0 Å². The zero-order valence-electron chi connectivity index (χ0n) is 9.04. The highest BCUT2D eigenvalue weighted by Crippen LogP contribution is 2.32. The average molecular weight is 199 g/mol. The van der Waals surface area contributed by atoms with Crippen molar-refractivity contribution in [2.45, 2.75) is 31.7 Å². The molecule has 1 unspecified atom stereocenters. The second kappa shape index (κ2) is 4.17. The highest BCUT2D eigenvalue weighted by atomic mass is 16.5. The van der Waals surface area contributed by atoms with Crippen LogP contribution in [0.15, 0.2) is 0 Å². The van der Waals surface area contributed by atoms with Crippen molar-refractivity contribution in [1.82, 2.24) is 4.90 Å². The molecule has 0 saturated carbocycles. The van der Waals surface area contributed by atoms with Crippen LogP contribution in [0.2, 0.25) is 0 Å². The Labute approximate surface area is 86.0 Å². The lowest BCUT2D eigenvalue weighted by atomic mass is 9.90. The van der Waals surface area contributed by atoms with Gasteiger partial charge in [-0.05, 0) is 38.6 Å². The number of aliphatic hydroxyl groups is 1. The van der Waals surface area contributed by atoms with Gasteiger partial charge in [0, 0.05) is 31.9 Å². The molecular weight excluding hydrogens is 178 g/mol. The fourth-order valence-corrected chi connectivity index (χ4v) is 2.60. The summed E-state index contributed by atoms with van der Waals surface area (Å²) in [6.07, 6.45) is 3.45. The summed E-state index contributed by atoms with van der Waals surface area (Å²) in [5.41, 5.74) is 0.335. The van der Waals surface area contributed by atoms with Crippen LogP contribution in [-0.2, 0) is 4.74 Å². The quantitative estimate of drug-likeness (QED) is 0.716. The Bertz CT molecular complexity index is 190. The molecular formula is C11H21NO2. The number of aliphatic hydroxyl groups excluding tert-OH is 1. The maximum absolute atomic E-state index is 9.11. The predicted molar refractivity (Wildman–Crippen MR) is 55.2 cm³/mol. The Kier molecular flexibility index (Phi) is 3.10. The Balaban J connectivity index is 1.93. The van der Waals surface area contributed by atoms with E-state index in [1.165, 1.54) is 0 Å². The van der Waals surface area contributed by atoms with E-state index in [0.29, 0.717) is 18.1 Å². The van der Waals surface area contributed by atoms with Crippen LogP contribution in [0, 0.1) is 5.92 Å². The molecule has 1 atom stereocenters. The first-order valence-electron chi connectivity index (χ1n) is 5.68. The van der Waals surface area contributed by atoms with Crippen LogP contribution < -0.4 is 0 Å². The third kappa shape index (κ3) is 1.95. The predicted octanol–water partition coefficient (Wildman–Crippen LogP) is 0.870. The number of nitrogens with zero attached hydrogens (tertiary/aromatic N) is 1. The van der Waals surface area contributed by atoms with E-state index in [0.717, 1.165) is 45.6 Å². The van der Waals surface area contributed by atoms with Crippen molar-refractivity contribution in [1.29, 1.82) is 0 Å². The fraction of sp³-hybridized carbons (Fsp3) is 1.00.